The van der Waals surface area contributed by atoms with Crippen molar-refractivity contribution in [3.8, 4) is 0 Å². The molecule has 4 nitrogen and oxygen atoms in total. The maximum Gasteiger partial charge on any atom is 0.229 e. The maximum absolute atomic E-state index is 11.9. The lowest BCUT2D eigenvalue weighted by molar-refractivity contribution is -0.129. The van der Waals surface area contributed by atoms with Crippen LogP contribution in [0.25, 0.3) is 0 Å². The van der Waals surface area contributed by atoms with E-state index in [2.05, 4.69) is 10.6 Å². The summed E-state index contributed by atoms with van der Waals surface area (Å²) in [5.41, 5.74) is 3.18. The first kappa shape index (κ1) is 16.7. The number of amides is 2. The number of nitrogens with one attached hydrogen (secondary N) is 2. The van der Waals surface area contributed by atoms with Crippen LogP contribution < -0.4 is 10.6 Å². The summed E-state index contributed by atoms with van der Waals surface area (Å²) in [6.45, 7) is 4.34. The van der Waals surface area contributed by atoms with Gasteiger partial charge in [0.1, 0.15) is 6.42 Å². The molecule has 0 aliphatic carbocycles. The van der Waals surface area contributed by atoms with Gasteiger partial charge in [0.2, 0.25) is 11.8 Å². The van der Waals surface area contributed by atoms with Crippen molar-refractivity contribution in [2.24, 2.45) is 0 Å². The van der Waals surface area contributed by atoms with E-state index in [1.54, 1.807) is 0 Å². The molecule has 2 amide bonds. The smallest absolute Gasteiger partial charge is 0.229 e. The van der Waals surface area contributed by atoms with E-state index in [4.69, 9.17) is 0 Å². The molecule has 0 heterocycles. The molecule has 1 unspecified atom stereocenters. The molecular formula is C19H22N2O2. The van der Waals surface area contributed by atoms with E-state index >= 15 is 0 Å². The van der Waals surface area contributed by atoms with Crippen LogP contribution in [0.15, 0.2) is 54.6 Å². The Hall–Kier alpha value is -2.62. The van der Waals surface area contributed by atoms with Gasteiger partial charge in [0.25, 0.3) is 0 Å². The predicted octanol–water partition coefficient (Wildman–Crippen LogP) is 2.88. The van der Waals surface area contributed by atoms with E-state index in [0.29, 0.717) is 6.54 Å². The Bertz CT molecular complexity index is 668. The fraction of sp³-hybridized carbons (Fsp3) is 0.263. The van der Waals surface area contributed by atoms with Crippen LogP contribution in [0.4, 0.5) is 0 Å². The number of carbonyl (C=O) groups excluding carboxylic acids is 2. The van der Waals surface area contributed by atoms with Gasteiger partial charge in [-0.2, -0.15) is 0 Å². The molecule has 0 aliphatic rings. The first-order valence-electron chi connectivity index (χ1n) is 7.71. The van der Waals surface area contributed by atoms with Gasteiger partial charge in [0, 0.05) is 6.54 Å². The van der Waals surface area contributed by atoms with Gasteiger partial charge < -0.3 is 10.6 Å². The third kappa shape index (κ3) is 5.58. The highest BCUT2D eigenvalue weighted by Gasteiger charge is 2.13. The first-order chi connectivity index (χ1) is 11.0. The van der Waals surface area contributed by atoms with Crippen molar-refractivity contribution in [1.82, 2.24) is 10.6 Å². The summed E-state index contributed by atoms with van der Waals surface area (Å²) in [7, 11) is 0. The molecule has 2 aromatic carbocycles. The molecular weight excluding hydrogens is 288 g/mol. The summed E-state index contributed by atoms with van der Waals surface area (Å²) < 4.78 is 0. The van der Waals surface area contributed by atoms with Gasteiger partial charge >= 0.3 is 0 Å². The molecule has 0 bridgehead atoms. The van der Waals surface area contributed by atoms with Crippen LogP contribution in [0.5, 0.6) is 0 Å². The molecule has 0 radical (unpaired) electrons. The first-order valence-corrected chi connectivity index (χ1v) is 7.71. The summed E-state index contributed by atoms with van der Waals surface area (Å²) in [5.74, 6) is -0.549. The van der Waals surface area contributed by atoms with Crippen molar-refractivity contribution in [2.45, 2.75) is 32.9 Å². The molecule has 1 atom stereocenters. The van der Waals surface area contributed by atoms with Crippen molar-refractivity contribution in [3.05, 3.63) is 71.3 Å². The van der Waals surface area contributed by atoms with Crippen LogP contribution in [-0.4, -0.2) is 11.8 Å². The third-order valence-electron chi connectivity index (χ3n) is 3.57. The van der Waals surface area contributed by atoms with Crippen molar-refractivity contribution < 1.29 is 9.59 Å². The lowest BCUT2D eigenvalue weighted by Crippen LogP contribution is -2.33. The fourth-order valence-electron chi connectivity index (χ4n) is 2.35. The van der Waals surface area contributed by atoms with Gasteiger partial charge in [-0.15, -0.1) is 0 Å². The zero-order chi connectivity index (χ0) is 16.7. The molecule has 0 spiro atoms. The lowest BCUT2D eigenvalue weighted by atomic mass is 10.1. The van der Waals surface area contributed by atoms with Crippen LogP contribution in [-0.2, 0) is 16.1 Å². The Balaban J connectivity index is 1.77. The van der Waals surface area contributed by atoms with Crippen molar-refractivity contribution >= 4 is 11.8 Å². The second kappa shape index (κ2) is 8.13. The molecule has 23 heavy (non-hydrogen) atoms. The average Bonchev–Trinajstić information content (AvgIpc) is 2.53. The largest absolute Gasteiger partial charge is 0.352 e. The summed E-state index contributed by atoms with van der Waals surface area (Å²) in [6.07, 6.45) is -0.164. The van der Waals surface area contributed by atoms with Gasteiger partial charge in [0.05, 0.1) is 6.04 Å². The normalized spacial score (nSPS) is 11.6. The van der Waals surface area contributed by atoms with E-state index < -0.39 is 0 Å². The van der Waals surface area contributed by atoms with E-state index in [9.17, 15) is 9.59 Å². The molecule has 2 N–H and O–H groups in total. The monoisotopic (exact) mass is 310 g/mol. The standard InChI is InChI=1S/C19H22N2O2/c1-14-7-6-8-16(11-14)13-20-18(22)12-19(23)21-15(2)17-9-4-3-5-10-17/h3-11,15H,12-13H2,1-2H3,(H,20,22)(H,21,23). The minimum absolute atomic E-state index is 0.117. The molecule has 0 saturated heterocycles. The number of aryl methyl sites for hydroxylation is 1. The van der Waals surface area contributed by atoms with Crippen molar-refractivity contribution in [2.75, 3.05) is 0 Å². The number of hydrogen-bond acceptors (Lipinski definition) is 2. The molecule has 2 aromatic rings. The fourth-order valence-corrected chi connectivity index (χ4v) is 2.35. The SMILES string of the molecule is Cc1cccc(CNC(=O)CC(=O)NC(C)c2ccccc2)c1. The Morgan fingerprint density at radius 3 is 2.43 bits per heavy atom. The topological polar surface area (TPSA) is 58.2 Å². The van der Waals surface area contributed by atoms with Crippen LogP contribution in [0.3, 0.4) is 0 Å². The quantitative estimate of drug-likeness (QED) is 0.806. The lowest BCUT2D eigenvalue weighted by Gasteiger charge is -2.14. The van der Waals surface area contributed by atoms with Crippen LogP contribution in [0, 0.1) is 6.92 Å². The summed E-state index contributed by atoms with van der Waals surface area (Å²) in [4.78, 5) is 23.8. The molecule has 0 fully saturated rings. The average molecular weight is 310 g/mol. The second-order valence-electron chi connectivity index (χ2n) is 5.64. The summed E-state index contributed by atoms with van der Waals surface area (Å²) in [6, 6.07) is 17.5. The Labute approximate surface area is 136 Å². The highest BCUT2D eigenvalue weighted by Crippen LogP contribution is 2.11. The number of hydrogen-bond donors (Lipinski definition) is 2. The van der Waals surface area contributed by atoms with Crippen molar-refractivity contribution in [3.63, 3.8) is 0 Å². The van der Waals surface area contributed by atoms with Gasteiger partial charge in [-0.3, -0.25) is 9.59 Å². The Morgan fingerprint density at radius 1 is 1.00 bits per heavy atom. The van der Waals surface area contributed by atoms with E-state index in [1.165, 1.54) is 0 Å². The van der Waals surface area contributed by atoms with Crippen molar-refractivity contribution in [1.29, 1.82) is 0 Å². The third-order valence-corrected chi connectivity index (χ3v) is 3.57. The Kier molecular flexibility index (Phi) is 5.92. The summed E-state index contributed by atoms with van der Waals surface area (Å²) in [5, 5.41) is 5.60. The highest BCUT2D eigenvalue weighted by molar-refractivity contribution is 5.96. The minimum atomic E-state index is -0.275. The van der Waals surface area contributed by atoms with Crippen LogP contribution >= 0.6 is 0 Å². The molecule has 0 aliphatic heterocycles. The molecule has 120 valence electrons. The zero-order valence-electron chi connectivity index (χ0n) is 13.5. The molecule has 0 saturated carbocycles. The molecule has 0 aromatic heterocycles. The minimum Gasteiger partial charge on any atom is -0.352 e. The molecule has 4 heteroatoms. The molecule has 2 rings (SSSR count). The van der Waals surface area contributed by atoms with Gasteiger partial charge in [-0.25, -0.2) is 0 Å². The van der Waals surface area contributed by atoms with Crippen LogP contribution in [0.2, 0.25) is 0 Å². The van der Waals surface area contributed by atoms with Gasteiger partial charge in [0.15, 0.2) is 0 Å². The zero-order valence-corrected chi connectivity index (χ0v) is 13.5. The predicted molar refractivity (Wildman–Crippen MR) is 90.6 cm³/mol. The van der Waals surface area contributed by atoms with Crippen LogP contribution in [0.1, 0.15) is 36.1 Å². The summed E-state index contributed by atoms with van der Waals surface area (Å²) >= 11 is 0. The Morgan fingerprint density at radius 2 is 1.74 bits per heavy atom. The van der Waals surface area contributed by atoms with E-state index in [1.807, 2.05) is 68.4 Å². The van der Waals surface area contributed by atoms with E-state index in [-0.39, 0.29) is 24.3 Å². The van der Waals surface area contributed by atoms with Gasteiger partial charge in [-0.1, -0.05) is 60.2 Å². The van der Waals surface area contributed by atoms with Gasteiger partial charge in [-0.05, 0) is 25.0 Å². The highest BCUT2D eigenvalue weighted by atomic mass is 16.2. The maximum atomic E-state index is 11.9. The van der Waals surface area contributed by atoms with E-state index in [0.717, 1.165) is 16.7 Å². The number of rotatable bonds is 6. The number of carbonyl (C=O) groups is 2. The second-order valence-corrected chi connectivity index (χ2v) is 5.64. The number of benzene rings is 2.